The molecule has 1 N–H and O–H groups in total. The first-order valence-corrected chi connectivity index (χ1v) is 9.92. The van der Waals surface area contributed by atoms with Crippen molar-refractivity contribution in [2.45, 2.75) is 19.9 Å². The quantitative estimate of drug-likeness (QED) is 0.761. The number of amides is 2. The van der Waals surface area contributed by atoms with Crippen molar-refractivity contribution in [2.24, 2.45) is 0 Å². The van der Waals surface area contributed by atoms with Gasteiger partial charge in [0.2, 0.25) is 21.8 Å². The SMILES string of the molecule is C=CC(=O)N(CC)CC(=O)N1CCc2c(cccc2NS(C)(=O)=O)C1. The summed E-state index contributed by atoms with van der Waals surface area (Å²) in [5.41, 5.74) is 2.38. The van der Waals surface area contributed by atoms with Crippen molar-refractivity contribution in [3.05, 3.63) is 42.0 Å². The number of nitrogens with zero attached hydrogens (tertiary/aromatic N) is 2. The molecular weight excluding hydrogens is 342 g/mol. The zero-order valence-electron chi connectivity index (χ0n) is 14.5. The molecule has 25 heavy (non-hydrogen) atoms. The average molecular weight is 365 g/mol. The van der Waals surface area contributed by atoms with Crippen LogP contribution in [0, 0.1) is 0 Å². The molecule has 0 spiro atoms. The van der Waals surface area contributed by atoms with Gasteiger partial charge < -0.3 is 9.80 Å². The number of carbonyl (C=O) groups excluding carboxylic acids is 2. The summed E-state index contributed by atoms with van der Waals surface area (Å²) in [5.74, 6) is -0.405. The number of fused-ring (bicyclic) bond motifs is 1. The summed E-state index contributed by atoms with van der Waals surface area (Å²) in [5, 5.41) is 0. The van der Waals surface area contributed by atoms with Gasteiger partial charge in [0, 0.05) is 19.6 Å². The van der Waals surface area contributed by atoms with E-state index in [-0.39, 0.29) is 18.4 Å². The molecule has 1 heterocycles. The van der Waals surface area contributed by atoms with Gasteiger partial charge in [0.25, 0.3) is 0 Å². The highest BCUT2D eigenvalue weighted by Crippen LogP contribution is 2.27. The highest BCUT2D eigenvalue weighted by Gasteiger charge is 2.25. The van der Waals surface area contributed by atoms with Gasteiger partial charge in [-0.25, -0.2) is 8.42 Å². The Morgan fingerprint density at radius 3 is 2.72 bits per heavy atom. The molecule has 1 aliphatic rings. The molecule has 0 atom stereocenters. The second kappa shape index (κ2) is 7.69. The van der Waals surface area contributed by atoms with Gasteiger partial charge in [0.1, 0.15) is 6.54 Å². The molecule has 1 aromatic rings. The lowest BCUT2D eigenvalue weighted by Gasteiger charge is -2.31. The van der Waals surface area contributed by atoms with Crippen LogP contribution in [0.2, 0.25) is 0 Å². The van der Waals surface area contributed by atoms with Gasteiger partial charge in [0.05, 0.1) is 11.9 Å². The second-order valence-electron chi connectivity index (χ2n) is 5.94. The summed E-state index contributed by atoms with van der Waals surface area (Å²) in [7, 11) is -3.36. The van der Waals surface area contributed by atoms with Crippen LogP contribution in [0.25, 0.3) is 0 Å². The Morgan fingerprint density at radius 1 is 1.40 bits per heavy atom. The Hall–Kier alpha value is -2.35. The van der Waals surface area contributed by atoms with E-state index in [1.807, 2.05) is 13.0 Å². The monoisotopic (exact) mass is 365 g/mol. The number of hydrogen-bond donors (Lipinski definition) is 1. The van der Waals surface area contributed by atoms with Crippen molar-refractivity contribution >= 4 is 27.5 Å². The van der Waals surface area contributed by atoms with E-state index in [1.165, 1.54) is 11.0 Å². The molecule has 0 bridgehead atoms. The Bertz CT molecular complexity index is 789. The summed E-state index contributed by atoms with van der Waals surface area (Å²) >= 11 is 0. The van der Waals surface area contributed by atoms with Gasteiger partial charge in [-0.15, -0.1) is 0 Å². The van der Waals surface area contributed by atoms with Crippen LogP contribution in [0.3, 0.4) is 0 Å². The number of nitrogens with one attached hydrogen (secondary N) is 1. The minimum Gasteiger partial charge on any atom is -0.336 e. The fourth-order valence-electron chi connectivity index (χ4n) is 2.86. The van der Waals surface area contributed by atoms with E-state index in [0.717, 1.165) is 17.4 Å². The van der Waals surface area contributed by atoms with E-state index in [0.29, 0.717) is 31.7 Å². The van der Waals surface area contributed by atoms with Crippen molar-refractivity contribution in [3.8, 4) is 0 Å². The fraction of sp³-hybridized carbons (Fsp3) is 0.412. The lowest BCUT2D eigenvalue weighted by molar-refractivity contribution is -0.138. The summed E-state index contributed by atoms with van der Waals surface area (Å²) in [6, 6.07) is 5.37. The smallest absolute Gasteiger partial charge is 0.246 e. The molecule has 0 unspecified atom stereocenters. The molecule has 8 heteroatoms. The molecule has 0 fully saturated rings. The van der Waals surface area contributed by atoms with Crippen molar-refractivity contribution in [1.29, 1.82) is 0 Å². The Balaban J connectivity index is 2.13. The molecule has 0 aliphatic carbocycles. The first kappa shape index (κ1) is 19.0. The molecule has 0 radical (unpaired) electrons. The number of sulfonamides is 1. The second-order valence-corrected chi connectivity index (χ2v) is 7.69. The highest BCUT2D eigenvalue weighted by atomic mass is 32.2. The van der Waals surface area contributed by atoms with Gasteiger partial charge in [-0.2, -0.15) is 0 Å². The lowest BCUT2D eigenvalue weighted by Crippen LogP contribution is -2.44. The van der Waals surface area contributed by atoms with E-state index in [4.69, 9.17) is 0 Å². The normalized spacial score (nSPS) is 13.8. The third-order valence-electron chi connectivity index (χ3n) is 4.11. The third-order valence-corrected chi connectivity index (χ3v) is 4.70. The zero-order valence-corrected chi connectivity index (χ0v) is 15.3. The Kier molecular flexibility index (Phi) is 5.84. The van der Waals surface area contributed by atoms with E-state index in [1.54, 1.807) is 17.0 Å². The van der Waals surface area contributed by atoms with Gasteiger partial charge in [-0.05, 0) is 36.6 Å². The maximum Gasteiger partial charge on any atom is 0.246 e. The minimum absolute atomic E-state index is 0.0119. The summed E-state index contributed by atoms with van der Waals surface area (Å²) in [6.07, 6.45) is 2.87. The van der Waals surface area contributed by atoms with Crippen molar-refractivity contribution in [1.82, 2.24) is 9.80 Å². The first-order chi connectivity index (χ1) is 11.7. The van der Waals surface area contributed by atoms with Gasteiger partial charge in [-0.3, -0.25) is 14.3 Å². The Labute approximate surface area is 148 Å². The summed E-state index contributed by atoms with van der Waals surface area (Å²) in [4.78, 5) is 27.3. The first-order valence-electron chi connectivity index (χ1n) is 8.02. The predicted molar refractivity (Wildman–Crippen MR) is 96.5 cm³/mol. The molecule has 2 rings (SSSR count). The van der Waals surface area contributed by atoms with E-state index in [2.05, 4.69) is 11.3 Å². The number of rotatable bonds is 6. The van der Waals surface area contributed by atoms with Crippen LogP contribution in [-0.4, -0.2) is 55.9 Å². The average Bonchev–Trinajstić information content (AvgIpc) is 2.57. The van der Waals surface area contributed by atoms with Crippen molar-refractivity contribution in [3.63, 3.8) is 0 Å². The molecular formula is C17H23N3O4S. The van der Waals surface area contributed by atoms with Crippen LogP contribution in [0.1, 0.15) is 18.1 Å². The van der Waals surface area contributed by atoms with Crippen LogP contribution in [0.4, 0.5) is 5.69 Å². The molecule has 2 amide bonds. The van der Waals surface area contributed by atoms with Crippen LogP contribution in [-0.2, 0) is 32.6 Å². The lowest BCUT2D eigenvalue weighted by atomic mass is 9.98. The zero-order chi connectivity index (χ0) is 18.6. The number of hydrogen-bond acceptors (Lipinski definition) is 4. The maximum absolute atomic E-state index is 12.5. The number of anilines is 1. The topological polar surface area (TPSA) is 86.8 Å². The number of likely N-dealkylation sites (N-methyl/N-ethyl adjacent to an activating group) is 1. The van der Waals surface area contributed by atoms with Crippen LogP contribution in [0.5, 0.6) is 0 Å². The van der Waals surface area contributed by atoms with Gasteiger partial charge in [-0.1, -0.05) is 18.7 Å². The molecule has 0 aromatic heterocycles. The largest absolute Gasteiger partial charge is 0.336 e. The van der Waals surface area contributed by atoms with E-state index >= 15 is 0 Å². The van der Waals surface area contributed by atoms with Crippen LogP contribution < -0.4 is 4.72 Å². The van der Waals surface area contributed by atoms with Gasteiger partial charge in [0.15, 0.2) is 0 Å². The molecule has 7 nitrogen and oxygen atoms in total. The molecule has 0 saturated carbocycles. The predicted octanol–water partition coefficient (Wildman–Crippen LogP) is 0.977. The minimum atomic E-state index is -3.36. The number of benzene rings is 1. The third kappa shape index (κ3) is 4.82. The van der Waals surface area contributed by atoms with Crippen molar-refractivity contribution in [2.75, 3.05) is 30.6 Å². The van der Waals surface area contributed by atoms with Crippen LogP contribution in [0.15, 0.2) is 30.9 Å². The van der Waals surface area contributed by atoms with E-state index < -0.39 is 10.0 Å². The summed E-state index contributed by atoms with van der Waals surface area (Å²) in [6.45, 7) is 6.58. The van der Waals surface area contributed by atoms with Gasteiger partial charge >= 0.3 is 0 Å². The fourth-order valence-corrected chi connectivity index (χ4v) is 3.45. The standard InChI is InChI=1S/C17H23N3O4S/c1-4-16(21)19(5-2)12-17(22)20-10-9-14-13(11-20)7-6-8-15(14)18-25(3,23)24/h4,6-8,18H,1,5,9-12H2,2-3H3. The molecule has 1 aromatic carbocycles. The van der Waals surface area contributed by atoms with Crippen molar-refractivity contribution < 1.29 is 18.0 Å². The summed E-state index contributed by atoms with van der Waals surface area (Å²) < 4.78 is 25.5. The van der Waals surface area contributed by atoms with Crippen LogP contribution >= 0.6 is 0 Å². The molecule has 136 valence electrons. The highest BCUT2D eigenvalue weighted by molar-refractivity contribution is 7.92. The molecule has 1 aliphatic heterocycles. The Morgan fingerprint density at radius 2 is 2.12 bits per heavy atom. The maximum atomic E-state index is 12.5. The number of carbonyl (C=O) groups is 2. The molecule has 0 saturated heterocycles. The van der Waals surface area contributed by atoms with E-state index in [9.17, 15) is 18.0 Å².